The van der Waals surface area contributed by atoms with E-state index < -0.39 is 4.92 Å². The van der Waals surface area contributed by atoms with Crippen molar-refractivity contribution in [3.05, 3.63) is 39.4 Å². The van der Waals surface area contributed by atoms with Gasteiger partial charge in [-0.15, -0.1) is 0 Å². The van der Waals surface area contributed by atoms with Crippen LogP contribution in [0.4, 0.5) is 5.69 Å². The van der Waals surface area contributed by atoms with Gasteiger partial charge in [0.05, 0.1) is 16.7 Å². The van der Waals surface area contributed by atoms with Crippen molar-refractivity contribution < 1.29 is 10.1 Å². The molecule has 0 saturated heterocycles. The van der Waals surface area contributed by atoms with E-state index in [9.17, 15) is 10.1 Å². The lowest BCUT2D eigenvalue weighted by atomic mass is 10.1. The Balaban J connectivity index is 3.33. The molecule has 1 aromatic rings. The topological polar surface area (TPSA) is 75.7 Å². The zero-order valence-electron chi connectivity index (χ0n) is 6.97. The molecule has 0 bridgehead atoms. The Labute approximate surface area is 74.5 Å². The average molecular weight is 180 g/mol. The summed E-state index contributed by atoms with van der Waals surface area (Å²) in [6.07, 6.45) is 1.06. The molecule has 0 heterocycles. The number of aryl methyl sites for hydroxylation is 1. The molecule has 0 radical (unpaired) electrons. The molecule has 1 aromatic carbocycles. The molecule has 1 N–H and O–H groups in total. The number of nitro benzene ring substituents is 1. The number of oxime groups is 1. The van der Waals surface area contributed by atoms with E-state index in [0.29, 0.717) is 11.1 Å². The number of benzene rings is 1. The van der Waals surface area contributed by atoms with Crippen molar-refractivity contribution >= 4 is 11.9 Å². The average Bonchev–Trinajstić information content (AvgIpc) is 2.08. The Kier molecular flexibility index (Phi) is 2.59. The van der Waals surface area contributed by atoms with Crippen molar-refractivity contribution in [2.45, 2.75) is 6.92 Å². The minimum absolute atomic E-state index is 0.0576. The first-order valence-electron chi connectivity index (χ1n) is 3.58. The molecule has 0 aliphatic heterocycles. The van der Waals surface area contributed by atoms with E-state index in [1.165, 1.54) is 6.07 Å². The molecule has 1 rings (SSSR count). The van der Waals surface area contributed by atoms with E-state index in [4.69, 9.17) is 5.21 Å². The summed E-state index contributed by atoms with van der Waals surface area (Å²) in [7, 11) is 0. The number of nitro groups is 1. The van der Waals surface area contributed by atoms with Gasteiger partial charge in [-0.2, -0.15) is 0 Å². The van der Waals surface area contributed by atoms with Gasteiger partial charge in [0.25, 0.3) is 5.69 Å². The molecule has 0 saturated carbocycles. The molecule has 5 heteroatoms. The number of nitrogens with zero attached hydrogens (tertiary/aromatic N) is 2. The monoisotopic (exact) mass is 180 g/mol. The van der Waals surface area contributed by atoms with Gasteiger partial charge in [-0.05, 0) is 12.5 Å². The molecule has 0 spiro atoms. The lowest BCUT2D eigenvalue weighted by molar-refractivity contribution is -0.385. The van der Waals surface area contributed by atoms with Gasteiger partial charge in [-0.25, -0.2) is 0 Å². The third-order valence-corrected chi connectivity index (χ3v) is 1.68. The van der Waals surface area contributed by atoms with Crippen LogP contribution in [-0.4, -0.2) is 16.3 Å². The first kappa shape index (κ1) is 9.18. The second-order valence-corrected chi connectivity index (χ2v) is 2.51. The van der Waals surface area contributed by atoms with Crippen LogP contribution >= 0.6 is 0 Å². The van der Waals surface area contributed by atoms with E-state index in [0.717, 1.165) is 6.21 Å². The molecule has 0 aliphatic rings. The van der Waals surface area contributed by atoms with E-state index in [-0.39, 0.29) is 5.69 Å². The van der Waals surface area contributed by atoms with E-state index in [2.05, 4.69) is 5.16 Å². The number of rotatable bonds is 2. The molecule has 0 aromatic heterocycles. The maximum absolute atomic E-state index is 10.5. The summed E-state index contributed by atoms with van der Waals surface area (Å²) >= 11 is 0. The normalized spacial score (nSPS) is 10.5. The summed E-state index contributed by atoms with van der Waals surface area (Å²) < 4.78 is 0. The summed E-state index contributed by atoms with van der Waals surface area (Å²) in [5, 5.41) is 21.6. The zero-order valence-corrected chi connectivity index (χ0v) is 6.97. The van der Waals surface area contributed by atoms with Gasteiger partial charge >= 0.3 is 0 Å². The molecule has 0 aliphatic carbocycles. The Morgan fingerprint density at radius 2 is 2.31 bits per heavy atom. The zero-order chi connectivity index (χ0) is 9.84. The van der Waals surface area contributed by atoms with Crippen molar-refractivity contribution in [3.63, 3.8) is 0 Å². The van der Waals surface area contributed by atoms with Crippen LogP contribution in [0.1, 0.15) is 11.1 Å². The highest BCUT2D eigenvalue weighted by atomic mass is 16.6. The molecule has 0 fully saturated rings. The van der Waals surface area contributed by atoms with Gasteiger partial charge < -0.3 is 5.21 Å². The van der Waals surface area contributed by atoms with Crippen LogP contribution in [-0.2, 0) is 0 Å². The van der Waals surface area contributed by atoms with Crippen LogP contribution in [0.15, 0.2) is 23.4 Å². The summed E-state index contributed by atoms with van der Waals surface area (Å²) in [6, 6.07) is 4.66. The Morgan fingerprint density at radius 1 is 1.62 bits per heavy atom. The first-order valence-corrected chi connectivity index (χ1v) is 3.58. The molecular formula is C8H8N2O3. The minimum atomic E-state index is -0.510. The Hall–Kier alpha value is -1.91. The van der Waals surface area contributed by atoms with Gasteiger partial charge in [0.1, 0.15) is 0 Å². The lowest BCUT2D eigenvalue weighted by Gasteiger charge is -1.99. The molecular weight excluding hydrogens is 172 g/mol. The van der Waals surface area contributed by atoms with Crippen molar-refractivity contribution in [1.29, 1.82) is 0 Å². The molecule has 5 nitrogen and oxygen atoms in total. The molecule has 0 unspecified atom stereocenters. The Morgan fingerprint density at radius 3 is 2.85 bits per heavy atom. The van der Waals surface area contributed by atoms with Gasteiger partial charge in [0.2, 0.25) is 0 Å². The molecule has 13 heavy (non-hydrogen) atoms. The Bertz CT molecular complexity index is 360. The van der Waals surface area contributed by atoms with Crippen molar-refractivity contribution in [3.8, 4) is 0 Å². The summed E-state index contributed by atoms with van der Waals surface area (Å²) in [4.78, 5) is 10.0. The maximum Gasteiger partial charge on any atom is 0.278 e. The minimum Gasteiger partial charge on any atom is -0.411 e. The lowest BCUT2D eigenvalue weighted by Crippen LogP contribution is -1.96. The highest BCUT2D eigenvalue weighted by Crippen LogP contribution is 2.19. The van der Waals surface area contributed by atoms with Crippen LogP contribution in [0, 0.1) is 17.0 Å². The predicted octanol–water partition coefficient (Wildman–Crippen LogP) is 1.71. The summed E-state index contributed by atoms with van der Waals surface area (Å²) in [5.74, 6) is 0. The summed E-state index contributed by atoms with van der Waals surface area (Å²) in [5.41, 5.74) is 0.972. The van der Waals surface area contributed by atoms with Crippen LogP contribution in [0.25, 0.3) is 0 Å². The third-order valence-electron chi connectivity index (χ3n) is 1.68. The second-order valence-electron chi connectivity index (χ2n) is 2.51. The van der Waals surface area contributed by atoms with Gasteiger partial charge in [0, 0.05) is 6.07 Å². The SMILES string of the molecule is Cc1cccc([N+](=O)[O-])c1C=NO. The van der Waals surface area contributed by atoms with Crippen molar-refractivity contribution in [2.75, 3.05) is 0 Å². The van der Waals surface area contributed by atoms with Crippen molar-refractivity contribution in [2.24, 2.45) is 5.16 Å². The first-order chi connectivity index (χ1) is 6.16. The molecule has 68 valence electrons. The smallest absolute Gasteiger partial charge is 0.278 e. The maximum atomic E-state index is 10.5. The fourth-order valence-electron chi connectivity index (χ4n) is 1.05. The van der Waals surface area contributed by atoms with Crippen LogP contribution in [0.3, 0.4) is 0 Å². The largest absolute Gasteiger partial charge is 0.411 e. The van der Waals surface area contributed by atoms with Gasteiger partial charge in [-0.3, -0.25) is 10.1 Å². The fraction of sp³-hybridized carbons (Fsp3) is 0.125. The van der Waals surface area contributed by atoms with Crippen LogP contribution in [0.2, 0.25) is 0 Å². The third kappa shape index (κ3) is 1.81. The standard InChI is InChI=1S/C8H8N2O3/c1-6-3-2-4-8(10(12)13)7(6)5-9-11/h2-5,11H,1H3. The fourth-order valence-corrected chi connectivity index (χ4v) is 1.05. The van der Waals surface area contributed by atoms with E-state index in [1.807, 2.05) is 0 Å². The second kappa shape index (κ2) is 3.66. The number of hydrogen-bond donors (Lipinski definition) is 1. The molecule has 0 amide bonds. The van der Waals surface area contributed by atoms with Crippen molar-refractivity contribution in [1.82, 2.24) is 0 Å². The van der Waals surface area contributed by atoms with Crippen LogP contribution in [0.5, 0.6) is 0 Å². The van der Waals surface area contributed by atoms with Gasteiger partial charge in [-0.1, -0.05) is 17.3 Å². The summed E-state index contributed by atoms with van der Waals surface area (Å²) in [6.45, 7) is 1.71. The predicted molar refractivity (Wildman–Crippen MR) is 47.2 cm³/mol. The molecule has 0 atom stereocenters. The highest BCUT2D eigenvalue weighted by molar-refractivity contribution is 5.86. The van der Waals surface area contributed by atoms with Gasteiger partial charge in [0.15, 0.2) is 0 Å². The quantitative estimate of drug-likeness (QED) is 0.326. The van der Waals surface area contributed by atoms with Crippen LogP contribution < -0.4 is 0 Å². The van der Waals surface area contributed by atoms with E-state index in [1.54, 1.807) is 19.1 Å². The number of hydrogen-bond acceptors (Lipinski definition) is 4. The van der Waals surface area contributed by atoms with E-state index >= 15 is 0 Å². The highest BCUT2D eigenvalue weighted by Gasteiger charge is 2.12.